The van der Waals surface area contributed by atoms with Crippen molar-refractivity contribution >= 4 is 39.1 Å². The van der Waals surface area contributed by atoms with E-state index in [-0.39, 0.29) is 6.61 Å². The Hall–Kier alpha value is -0.840. The zero-order chi connectivity index (χ0) is 12.3. The van der Waals surface area contributed by atoms with E-state index in [0.29, 0.717) is 20.5 Å². The predicted molar refractivity (Wildman–Crippen MR) is 70.5 cm³/mol. The third kappa shape index (κ3) is 3.31. The molecule has 0 aliphatic rings. The maximum absolute atomic E-state index is 6.01. The van der Waals surface area contributed by atoms with Crippen molar-refractivity contribution in [2.24, 2.45) is 0 Å². The van der Waals surface area contributed by atoms with Crippen LogP contribution in [0.3, 0.4) is 0 Å². The largest absolute Gasteiger partial charge is 0.472 e. The highest BCUT2D eigenvalue weighted by atomic mass is 79.9. The van der Waals surface area contributed by atoms with Gasteiger partial charge in [-0.15, -0.1) is 0 Å². The second-order valence-electron chi connectivity index (χ2n) is 3.17. The number of nitrogens with zero attached hydrogens (tertiary/aromatic N) is 2. The van der Waals surface area contributed by atoms with E-state index in [2.05, 4.69) is 25.9 Å². The minimum Gasteiger partial charge on any atom is -0.472 e. The minimum absolute atomic E-state index is 0.259. The fraction of sp³-hybridized carbons (Fsp3) is 0.0909. The molecule has 1 heterocycles. The van der Waals surface area contributed by atoms with Gasteiger partial charge in [0.25, 0.3) is 0 Å². The van der Waals surface area contributed by atoms with E-state index in [4.69, 9.17) is 27.9 Å². The Kier molecular flexibility index (Phi) is 4.20. The number of rotatable bonds is 3. The van der Waals surface area contributed by atoms with Crippen molar-refractivity contribution in [3.63, 3.8) is 0 Å². The second kappa shape index (κ2) is 5.67. The van der Waals surface area contributed by atoms with E-state index in [1.54, 1.807) is 24.4 Å². The lowest BCUT2D eigenvalue weighted by molar-refractivity contribution is 0.292. The van der Waals surface area contributed by atoms with Gasteiger partial charge in [0, 0.05) is 15.6 Å². The van der Waals surface area contributed by atoms with Crippen LogP contribution in [-0.4, -0.2) is 9.97 Å². The summed E-state index contributed by atoms with van der Waals surface area (Å²) in [6, 6.07) is 5.31. The highest BCUT2D eigenvalue weighted by molar-refractivity contribution is 9.10. The Labute approximate surface area is 117 Å². The molecule has 0 saturated heterocycles. The molecular formula is C11H7BrCl2N2O. The molecule has 0 aliphatic heterocycles. The maximum atomic E-state index is 6.01. The van der Waals surface area contributed by atoms with Crippen molar-refractivity contribution in [1.29, 1.82) is 0 Å². The van der Waals surface area contributed by atoms with Crippen LogP contribution >= 0.6 is 39.1 Å². The van der Waals surface area contributed by atoms with Gasteiger partial charge >= 0.3 is 0 Å². The van der Waals surface area contributed by atoms with Gasteiger partial charge in [-0.05, 0) is 28.1 Å². The van der Waals surface area contributed by atoms with Gasteiger partial charge in [0.1, 0.15) is 11.2 Å². The fourth-order valence-electron chi connectivity index (χ4n) is 1.19. The molecule has 0 atom stereocenters. The maximum Gasteiger partial charge on any atom is 0.232 e. The first-order chi connectivity index (χ1) is 8.16. The van der Waals surface area contributed by atoms with Crippen LogP contribution in [0.15, 0.2) is 35.2 Å². The first kappa shape index (κ1) is 12.6. The second-order valence-corrected chi connectivity index (χ2v) is 4.79. The Balaban J connectivity index is 2.10. The summed E-state index contributed by atoms with van der Waals surface area (Å²) >= 11 is 15.2. The van der Waals surface area contributed by atoms with Crippen LogP contribution in [0.5, 0.6) is 5.88 Å². The molecule has 0 aliphatic carbocycles. The smallest absolute Gasteiger partial charge is 0.232 e. The highest BCUT2D eigenvalue weighted by Crippen LogP contribution is 2.25. The van der Waals surface area contributed by atoms with Gasteiger partial charge in [-0.25, -0.2) is 9.97 Å². The molecule has 88 valence electrons. The van der Waals surface area contributed by atoms with E-state index >= 15 is 0 Å². The van der Waals surface area contributed by atoms with Crippen molar-refractivity contribution in [2.45, 2.75) is 6.61 Å². The summed E-state index contributed by atoms with van der Waals surface area (Å²) < 4.78 is 6.10. The molecule has 0 unspecified atom stereocenters. The highest BCUT2D eigenvalue weighted by Gasteiger charge is 2.06. The normalized spacial score (nSPS) is 10.3. The average Bonchev–Trinajstić information content (AvgIpc) is 2.31. The van der Waals surface area contributed by atoms with Gasteiger partial charge in [0.05, 0.1) is 12.4 Å². The summed E-state index contributed by atoms with van der Waals surface area (Å²) in [7, 11) is 0. The van der Waals surface area contributed by atoms with Crippen molar-refractivity contribution in [2.75, 3.05) is 0 Å². The average molecular weight is 334 g/mol. The van der Waals surface area contributed by atoms with Crippen LogP contribution < -0.4 is 4.74 Å². The number of hydrogen-bond donors (Lipinski definition) is 0. The van der Waals surface area contributed by atoms with Crippen LogP contribution in [0.1, 0.15) is 5.56 Å². The van der Waals surface area contributed by atoms with Crippen LogP contribution in [-0.2, 0) is 6.61 Å². The SMILES string of the molecule is Clc1cccc(Cl)c1COc1cnc(Br)cn1. The van der Waals surface area contributed by atoms with Crippen LogP contribution in [0.4, 0.5) is 0 Å². The van der Waals surface area contributed by atoms with Gasteiger partial charge in [-0.1, -0.05) is 29.3 Å². The summed E-state index contributed by atoms with van der Waals surface area (Å²) in [5, 5.41) is 1.14. The van der Waals surface area contributed by atoms with Crippen molar-refractivity contribution in [3.05, 3.63) is 50.8 Å². The molecule has 1 aromatic carbocycles. The zero-order valence-electron chi connectivity index (χ0n) is 8.53. The molecule has 0 bridgehead atoms. The van der Waals surface area contributed by atoms with Gasteiger partial charge in [-0.3, -0.25) is 0 Å². The molecule has 3 nitrogen and oxygen atoms in total. The molecule has 0 radical (unpaired) electrons. The topological polar surface area (TPSA) is 35.0 Å². The Morgan fingerprint density at radius 2 is 1.82 bits per heavy atom. The number of halogens is 3. The summed E-state index contributed by atoms with van der Waals surface area (Å²) in [6.07, 6.45) is 3.08. The standard InChI is InChI=1S/C11H7BrCl2N2O/c12-10-4-16-11(5-15-10)17-6-7-8(13)2-1-3-9(7)14/h1-5H,6H2. The Morgan fingerprint density at radius 3 is 2.41 bits per heavy atom. The Morgan fingerprint density at radius 1 is 1.12 bits per heavy atom. The van der Waals surface area contributed by atoms with Gasteiger partial charge in [0.15, 0.2) is 0 Å². The summed E-state index contributed by atoms with van der Waals surface area (Å²) in [6.45, 7) is 0.259. The monoisotopic (exact) mass is 332 g/mol. The molecule has 0 fully saturated rings. The molecule has 0 N–H and O–H groups in total. The molecule has 0 saturated carbocycles. The first-order valence-electron chi connectivity index (χ1n) is 4.70. The van der Waals surface area contributed by atoms with E-state index in [9.17, 15) is 0 Å². The molecule has 17 heavy (non-hydrogen) atoms. The third-order valence-corrected chi connectivity index (χ3v) is 3.14. The molecule has 2 aromatic rings. The minimum atomic E-state index is 0.259. The number of aromatic nitrogens is 2. The molecule has 6 heteroatoms. The van der Waals surface area contributed by atoms with Gasteiger partial charge in [0.2, 0.25) is 5.88 Å². The van der Waals surface area contributed by atoms with E-state index < -0.39 is 0 Å². The van der Waals surface area contributed by atoms with Crippen molar-refractivity contribution in [1.82, 2.24) is 9.97 Å². The van der Waals surface area contributed by atoms with Gasteiger partial charge < -0.3 is 4.74 Å². The lowest BCUT2D eigenvalue weighted by Crippen LogP contribution is -1.99. The number of hydrogen-bond acceptors (Lipinski definition) is 3. The van der Waals surface area contributed by atoms with E-state index in [1.165, 1.54) is 6.20 Å². The number of benzene rings is 1. The van der Waals surface area contributed by atoms with E-state index in [0.717, 1.165) is 5.56 Å². The van der Waals surface area contributed by atoms with Crippen LogP contribution in [0.25, 0.3) is 0 Å². The molecule has 0 amide bonds. The summed E-state index contributed by atoms with van der Waals surface area (Å²) in [5.41, 5.74) is 0.737. The Bertz CT molecular complexity index is 499. The molecule has 0 spiro atoms. The third-order valence-electron chi connectivity index (χ3n) is 2.02. The molecule has 2 rings (SSSR count). The summed E-state index contributed by atoms with van der Waals surface area (Å²) in [5.74, 6) is 0.421. The van der Waals surface area contributed by atoms with Gasteiger partial charge in [-0.2, -0.15) is 0 Å². The van der Waals surface area contributed by atoms with Crippen LogP contribution in [0, 0.1) is 0 Å². The first-order valence-corrected chi connectivity index (χ1v) is 6.25. The number of ether oxygens (including phenoxy) is 1. The fourth-order valence-corrected chi connectivity index (χ4v) is 1.90. The predicted octanol–water partition coefficient (Wildman–Crippen LogP) is 4.12. The summed E-state index contributed by atoms with van der Waals surface area (Å²) in [4.78, 5) is 8.03. The zero-order valence-corrected chi connectivity index (χ0v) is 11.6. The quantitative estimate of drug-likeness (QED) is 0.847. The lowest BCUT2D eigenvalue weighted by atomic mass is 10.2. The van der Waals surface area contributed by atoms with Crippen LogP contribution in [0.2, 0.25) is 10.0 Å². The van der Waals surface area contributed by atoms with E-state index in [1.807, 2.05) is 0 Å². The van der Waals surface area contributed by atoms with Crippen molar-refractivity contribution < 1.29 is 4.74 Å². The van der Waals surface area contributed by atoms with Crippen molar-refractivity contribution in [3.8, 4) is 5.88 Å². The molecular weight excluding hydrogens is 327 g/mol. The molecule has 1 aromatic heterocycles. The lowest BCUT2D eigenvalue weighted by Gasteiger charge is -2.08.